The lowest BCUT2D eigenvalue weighted by Gasteiger charge is -2.07. The van der Waals surface area contributed by atoms with E-state index in [1.165, 1.54) is 11.8 Å². The number of nitrogens with zero attached hydrogens (tertiary/aromatic N) is 1. The molecule has 0 saturated heterocycles. The van der Waals surface area contributed by atoms with Crippen molar-refractivity contribution < 1.29 is 0 Å². The summed E-state index contributed by atoms with van der Waals surface area (Å²) in [5.74, 6) is 0. The zero-order chi connectivity index (χ0) is 15.2. The molecule has 6 heteroatoms. The number of nitrogens with one attached hydrogen (secondary N) is 2. The van der Waals surface area contributed by atoms with Gasteiger partial charge >= 0.3 is 0 Å². The molecule has 1 aromatic heterocycles. The summed E-state index contributed by atoms with van der Waals surface area (Å²) in [7, 11) is 1.88. The van der Waals surface area contributed by atoms with E-state index in [-0.39, 0.29) is 5.56 Å². The molecule has 0 aliphatic heterocycles. The molecule has 0 amide bonds. The Kier molecular flexibility index (Phi) is 5.85. The van der Waals surface area contributed by atoms with Crippen LogP contribution < -0.4 is 10.9 Å². The number of hydrogen-bond acceptors (Lipinski definition) is 4. The van der Waals surface area contributed by atoms with Crippen LogP contribution in [0.15, 0.2) is 39.1 Å². The predicted molar refractivity (Wildman–Crippen MR) is 87.2 cm³/mol. The Labute approximate surface area is 133 Å². The molecule has 21 heavy (non-hydrogen) atoms. The van der Waals surface area contributed by atoms with Gasteiger partial charge in [-0.25, -0.2) is 4.98 Å². The van der Waals surface area contributed by atoms with Gasteiger partial charge in [0.2, 0.25) is 0 Å². The second-order valence-corrected chi connectivity index (χ2v) is 6.15. The second kappa shape index (κ2) is 7.64. The first-order valence-corrected chi connectivity index (χ1v) is 8.03. The fourth-order valence-corrected chi connectivity index (χ4v) is 3.12. The highest BCUT2D eigenvalue weighted by molar-refractivity contribution is 7.99. The molecule has 112 valence electrons. The van der Waals surface area contributed by atoms with E-state index < -0.39 is 0 Å². The maximum atomic E-state index is 11.6. The van der Waals surface area contributed by atoms with Crippen molar-refractivity contribution in [3.05, 3.63) is 50.9 Å². The molecule has 4 nitrogen and oxygen atoms in total. The highest BCUT2D eigenvalue weighted by Crippen LogP contribution is 2.28. The molecule has 1 aromatic carbocycles. The molecular weight excluding hydrogens is 306 g/mol. The average molecular weight is 324 g/mol. The first-order valence-electron chi connectivity index (χ1n) is 6.83. The van der Waals surface area contributed by atoms with E-state index in [0.717, 1.165) is 35.5 Å². The third kappa shape index (κ3) is 4.59. The SMILES string of the molecule is CCCc1cc(=O)[nH]c(Sc2ccc(CNC)c(Cl)c2)n1. The first-order chi connectivity index (χ1) is 10.1. The van der Waals surface area contributed by atoms with Crippen molar-refractivity contribution in [2.75, 3.05) is 7.05 Å². The van der Waals surface area contributed by atoms with Crippen LogP contribution in [-0.4, -0.2) is 17.0 Å². The lowest BCUT2D eigenvalue weighted by atomic mass is 10.2. The molecule has 0 spiro atoms. The van der Waals surface area contributed by atoms with E-state index in [0.29, 0.717) is 10.2 Å². The van der Waals surface area contributed by atoms with E-state index in [1.54, 1.807) is 6.07 Å². The number of hydrogen-bond donors (Lipinski definition) is 2. The van der Waals surface area contributed by atoms with Crippen LogP contribution in [0.2, 0.25) is 5.02 Å². The molecule has 0 aliphatic carbocycles. The molecule has 0 unspecified atom stereocenters. The van der Waals surface area contributed by atoms with Gasteiger partial charge in [0.25, 0.3) is 5.56 Å². The highest BCUT2D eigenvalue weighted by Gasteiger charge is 2.06. The topological polar surface area (TPSA) is 57.8 Å². The van der Waals surface area contributed by atoms with Crippen LogP contribution in [0.25, 0.3) is 0 Å². The van der Waals surface area contributed by atoms with Crippen LogP contribution in [-0.2, 0) is 13.0 Å². The number of aryl methyl sites for hydroxylation is 1. The van der Waals surface area contributed by atoms with E-state index in [2.05, 4.69) is 22.2 Å². The van der Waals surface area contributed by atoms with Gasteiger partial charge in [-0.3, -0.25) is 4.79 Å². The van der Waals surface area contributed by atoms with Gasteiger partial charge in [-0.15, -0.1) is 0 Å². The fourth-order valence-electron chi connectivity index (χ4n) is 1.95. The number of halogens is 1. The Morgan fingerprint density at radius 2 is 2.19 bits per heavy atom. The molecule has 2 N–H and O–H groups in total. The normalized spacial score (nSPS) is 10.8. The summed E-state index contributed by atoms with van der Waals surface area (Å²) in [4.78, 5) is 19.8. The van der Waals surface area contributed by atoms with Gasteiger partial charge in [-0.1, -0.05) is 42.8 Å². The smallest absolute Gasteiger partial charge is 0.251 e. The molecule has 0 atom stereocenters. The van der Waals surface area contributed by atoms with Crippen molar-refractivity contribution in [1.29, 1.82) is 0 Å². The van der Waals surface area contributed by atoms with Gasteiger partial charge in [0.05, 0.1) is 0 Å². The number of benzene rings is 1. The number of rotatable bonds is 6. The zero-order valence-electron chi connectivity index (χ0n) is 12.1. The fraction of sp³-hybridized carbons (Fsp3) is 0.333. The van der Waals surface area contributed by atoms with E-state index in [4.69, 9.17) is 11.6 Å². The molecule has 2 rings (SSSR count). The maximum absolute atomic E-state index is 11.6. The lowest BCUT2D eigenvalue weighted by molar-refractivity contribution is 0.814. The summed E-state index contributed by atoms with van der Waals surface area (Å²) in [6.07, 6.45) is 1.77. The number of aromatic nitrogens is 2. The van der Waals surface area contributed by atoms with E-state index in [9.17, 15) is 4.79 Å². The van der Waals surface area contributed by atoms with Crippen LogP contribution in [0, 0.1) is 0 Å². The second-order valence-electron chi connectivity index (χ2n) is 4.68. The quantitative estimate of drug-likeness (QED) is 0.801. The first kappa shape index (κ1) is 16.1. The van der Waals surface area contributed by atoms with Crippen molar-refractivity contribution >= 4 is 23.4 Å². The lowest BCUT2D eigenvalue weighted by Crippen LogP contribution is -2.09. The van der Waals surface area contributed by atoms with Gasteiger partial charge in [-0.2, -0.15) is 0 Å². The summed E-state index contributed by atoms with van der Waals surface area (Å²) in [5.41, 5.74) is 1.75. The molecule has 0 radical (unpaired) electrons. The summed E-state index contributed by atoms with van der Waals surface area (Å²) in [6.45, 7) is 2.79. The van der Waals surface area contributed by atoms with Gasteiger partial charge in [0.15, 0.2) is 5.16 Å². The number of aromatic amines is 1. The van der Waals surface area contributed by atoms with Crippen molar-refractivity contribution in [1.82, 2.24) is 15.3 Å². The summed E-state index contributed by atoms with van der Waals surface area (Å²) < 4.78 is 0. The van der Waals surface area contributed by atoms with E-state index >= 15 is 0 Å². The van der Waals surface area contributed by atoms with Crippen LogP contribution in [0.1, 0.15) is 24.6 Å². The van der Waals surface area contributed by atoms with Gasteiger partial charge in [-0.05, 0) is 31.2 Å². The molecule has 2 aromatic rings. The van der Waals surface area contributed by atoms with Gasteiger partial charge < -0.3 is 10.3 Å². The summed E-state index contributed by atoms with van der Waals surface area (Å²) >= 11 is 7.65. The average Bonchev–Trinajstić information content (AvgIpc) is 2.42. The Balaban J connectivity index is 2.21. The van der Waals surface area contributed by atoms with E-state index in [1.807, 2.05) is 25.2 Å². The van der Waals surface area contributed by atoms with Crippen LogP contribution >= 0.6 is 23.4 Å². The minimum absolute atomic E-state index is 0.117. The highest BCUT2D eigenvalue weighted by atomic mass is 35.5. The van der Waals surface area contributed by atoms with Crippen molar-refractivity contribution in [3.63, 3.8) is 0 Å². The molecule has 0 fully saturated rings. The third-order valence-corrected chi connectivity index (χ3v) is 4.11. The summed E-state index contributed by atoms with van der Waals surface area (Å²) in [5, 5.41) is 4.38. The standard InChI is InChI=1S/C15H18ClN3OS/c1-3-4-11-7-14(20)19-15(18-11)21-12-6-5-10(9-17-2)13(16)8-12/h5-8,17H,3-4,9H2,1-2H3,(H,18,19,20). The monoisotopic (exact) mass is 323 g/mol. The van der Waals surface area contributed by atoms with Crippen molar-refractivity contribution in [2.24, 2.45) is 0 Å². The Bertz CT molecular complexity index is 672. The molecule has 0 aliphatic rings. The molecule has 0 saturated carbocycles. The Hall–Kier alpha value is -1.30. The van der Waals surface area contributed by atoms with Crippen molar-refractivity contribution in [2.45, 2.75) is 36.4 Å². The van der Waals surface area contributed by atoms with Crippen LogP contribution in [0.5, 0.6) is 0 Å². The summed E-state index contributed by atoms with van der Waals surface area (Å²) in [6, 6.07) is 7.41. The molecule has 0 bridgehead atoms. The van der Waals surface area contributed by atoms with Crippen LogP contribution in [0.3, 0.4) is 0 Å². The van der Waals surface area contributed by atoms with Crippen LogP contribution in [0.4, 0.5) is 0 Å². The Morgan fingerprint density at radius 1 is 1.38 bits per heavy atom. The van der Waals surface area contributed by atoms with Gasteiger partial charge in [0, 0.05) is 28.2 Å². The minimum atomic E-state index is -0.117. The van der Waals surface area contributed by atoms with Gasteiger partial charge in [0.1, 0.15) is 0 Å². The van der Waals surface area contributed by atoms with Crippen molar-refractivity contribution in [3.8, 4) is 0 Å². The zero-order valence-corrected chi connectivity index (χ0v) is 13.6. The minimum Gasteiger partial charge on any atom is -0.316 e. The predicted octanol–water partition coefficient (Wildman–Crippen LogP) is 3.25. The molecular formula is C15H18ClN3OS. The maximum Gasteiger partial charge on any atom is 0.251 e. The number of H-pyrrole nitrogens is 1. The Morgan fingerprint density at radius 3 is 2.86 bits per heavy atom. The largest absolute Gasteiger partial charge is 0.316 e. The molecule has 1 heterocycles. The third-order valence-electron chi connectivity index (χ3n) is 2.89.